The molecule has 1 unspecified atom stereocenters. The minimum Gasteiger partial charge on any atom is -0.368 e. The van der Waals surface area contributed by atoms with Crippen molar-refractivity contribution >= 4 is 46.8 Å². The molecule has 0 aromatic heterocycles. The van der Waals surface area contributed by atoms with E-state index in [2.05, 4.69) is 0 Å². The van der Waals surface area contributed by atoms with Gasteiger partial charge < -0.3 is 10.6 Å². The van der Waals surface area contributed by atoms with Gasteiger partial charge in [-0.2, -0.15) is 0 Å². The SMILES string of the molecule is CN(C(=O)CSCc1ccc(Cl)cc1Cl)C(C(N)=O)c1cccc(F)c1. The van der Waals surface area contributed by atoms with Gasteiger partial charge in [0, 0.05) is 22.8 Å². The van der Waals surface area contributed by atoms with Crippen LogP contribution in [0.5, 0.6) is 0 Å². The summed E-state index contributed by atoms with van der Waals surface area (Å²) in [6.07, 6.45) is 0. The molecule has 26 heavy (non-hydrogen) atoms. The van der Waals surface area contributed by atoms with Gasteiger partial charge in [-0.15, -0.1) is 11.8 Å². The summed E-state index contributed by atoms with van der Waals surface area (Å²) >= 11 is 13.3. The molecule has 2 N–H and O–H groups in total. The zero-order valence-corrected chi connectivity index (χ0v) is 16.2. The average molecular weight is 415 g/mol. The first kappa shape index (κ1) is 20.6. The van der Waals surface area contributed by atoms with Crippen LogP contribution < -0.4 is 5.73 Å². The van der Waals surface area contributed by atoms with Crippen molar-refractivity contribution in [1.29, 1.82) is 0 Å². The van der Waals surface area contributed by atoms with Gasteiger partial charge in [-0.3, -0.25) is 9.59 Å². The molecule has 0 aliphatic heterocycles. The molecule has 8 heteroatoms. The van der Waals surface area contributed by atoms with Crippen molar-refractivity contribution in [2.75, 3.05) is 12.8 Å². The Balaban J connectivity index is 2.01. The maximum atomic E-state index is 13.4. The molecular weight excluding hydrogens is 398 g/mol. The fourth-order valence-electron chi connectivity index (χ4n) is 2.39. The number of amides is 2. The zero-order chi connectivity index (χ0) is 19.3. The Morgan fingerprint density at radius 2 is 1.96 bits per heavy atom. The highest BCUT2D eigenvalue weighted by Gasteiger charge is 2.26. The number of hydrogen-bond donors (Lipinski definition) is 1. The van der Waals surface area contributed by atoms with Crippen molar-refractivity contribution in [3.8, 4) is 0 Å². The molecule has 2 rings (SSSR count). The topological polar surface area (TPSA) is 63.4 Å². The second kappa shape index (κ2) is 9.26. The quantitative estimate of drug-likeness (QED) is 0.742. The Bertz CT molecular complexity index is 820. The van der Waals surface area contributed by atoms with Crippen LogP contribution in [-0.2, 0) is 15.3 Å². The lowest BCUT2D eigenvalue weighted by Crippen LogP contribution is -2.40. The molecule has 0 saturated carbocycles. The van der Waals surface area contributed by atoms with Crippen LogP contribution in [0, 0.1) is 5.82 Å². The highest BCUT2D eigenvalue weighted by atomic mass is 35.5. The number of nitrogens with zero attached hydrogens (tertiary/aromatic N) is 1. The van der Waals surface area contributed by atoms with Gasteiger partial charge >= 0.3 is 0 Å². The zero-order valence-electron chi connectivity index (χ0n) is 13.9. The van der Waals surface area contributed by atoms with Gasteiger partial charge in [-0.1, -0.05) is 41.4 Å². The van der Waals surface area contributed by atoms with Gasteiger partial charge in [0.15, 0.2) is 0 Å². The Morgan fingerprint density at radius 3 is 2.58 bits per heavy atom. The number of carbonyl (C=O) groups excluding carboxylic acids is 2. The van der Waals surface area contributed by atoms with Crippen LogP contribution in [-0.4, -0.2) is 29.5 Å². The summed E-state index contributed by atoms with van der Waals surface area (Å²) in [5.74, 6) is -0.891. The van der Waals surface area contributed by atoms with Crippen LogP contribution in [0.1, 0.15) is 17.2 Å². The van der Waals surface area contributed by atoms with Gasteiger partial charge in [0.1, 0.15) is 11.9 Å². The smallest absolute Gasteiger partial charge is 0.244 e. The van der Waals surface area contributed by atoms with E-state index in [1.165, 1.54) is 41.9 Å². The highest BCUT2D eigenvalue weighted by molar-refractivity contribution is 7.99. The second-order valence-electron chi connectivity index (χ2n) is 5.59. The third kappa shape index (κ3) is 5.37. The average Bonchev–Trinajstić information content (AvgIpc) is 2.56. The number of rotatable bonds is 7. The maximum absolute atomic E-state index is 13.4. The van der Waals surface area contributed by atoms with Gasteiger partial charge in [0.25, 0.3) is 0 Å². The van der Waals surface area contributed by atoms with Crippen molar-refractivity contribution in [2.24, 2.45) is 5.73 Å². The lowest BCUT2D eigenvalue weighted by molar-refractivity contribution is -0.136. The number of benzene rings is 2. The van der Waals surface area contributed by atoms with E-state index in [9.17, 15) is 14.0 Å². The van der Waals surface area contributed by atoms with Crippen molar-refractivity contribution in [2.45, 2.75) is 11.8 Å². The lowest BCUT2D eigenvalue weighted by Gasteiger charge is -2.26. The predicted octanol–water partition coefficient (Wildman–Crippen LogP) is 4.05. The molecule has 2 aromatic carbocycles. The monoisotopic (exact) mass is 414 g/mol. The molecule has 2 aromatic rings. The number of primary amides is 1. The third-order valence-corrected chi connectivity index (χ3v) is 5.27. The van der Waals surface area contributed by atoms with E-state index in [1.807, 2.05) is 0 Å². The Labute approximate surface area is 165 Å². The molecule has 0 aliphatic carbocycles. The van der Waals surface area contributed by atoms with Gasteiger partial charge in [-0.25, -0.2) is 4.39 Å². The third-order valence-electron chi connectivity index (χ3n) is 3.71. The van der Waals surface area contributed by atoms with E-state index < -0.39 is 17.8 Å². The molecule has 0 aliphatic rings. The number of halogens is 3. The van der Waals surface area contributed by atoms with Crippen LogP contribution >= 0.6 is 35.0 Å². The largest absolute Gasteiger partial charge is 0.368 e. The number of nitrogens with two attached hydrogens (primary N) is 1. The molecule has 0 saturated heterocycles. The Morgan fingerprint density at radius 1 is 1.23 bits per heavy atom. The van der Waals surface area contributed by atoms with E-state index in [-0.39, 0.29) is 11.7 Å². The number of carbonyl (C=O) groups is 2. The highest BCUT2D eigenvalue weighted by Crippen LogP contribution is 2.26. The first-order valence-corrected chi connectivity index (χ1v) is 9.52. The summed E-state index contributed by atoms with van der Waals surface area (Å²) in [5.41, 5.74) is 6.61. The van der Waals surface area contributed by atoms with Gasteiger partial charge in [0.05, 0.1) is 5.75 Å². The van der Waals surface area contributed by atoms with E-state index in [4.69, 9.17) is 28.9 Å². The first-order chi connectivity index (χ1) is 12.3. The summed E-state index contributed by atoms with van der Waals surface area (Å²) in [6, 6.07) is 9.61. The molecule has 0 bridgehead atoms. The minimum atomic E-state index is -1.03. The predicted molar refractivity (Wildman–Crippen MR) is 104 cm³/mol. The number of likely N-dealkylation sites (N-methyl/N-ethyl adjacent to an activating group) is 1. The van der Waals surface area contributed by atoms with Crippen LogP contribution in [0.3, 0.4) is 0 Å². The van der Waals surface area contributed by atoms with Gasteiger partial charge in [-0.05, 0) is 35.4 Å². The van der Waals surface area contributed by atoms with E-state index in [0.717, 1.165) is 5.56 Å². The van der Waals surface area contributed by atoms with Crippen LogP contribution in [0.15, 0.2) is 42.5 Å². The normalized spacial score (nSPS) is 11.8. The summed E-state index contributed by atoms with van der Waals surface area (Å²) in [7, 11) is 1.47. The van der Waals surface area contributed by atoms with Crippen molar-refractivity contribution in [3.05, 3.63) is 69.5 Å². The number of hydrogen-bond acceptors (Lipinski definition) is 3. The van der Waals surface area contributed by atoms with Gasteiger partial charge in [0.2, 0.25) is 11.8 Å². The number of thioether (sulfide) groups is 1. The Kier molecular flexibility index (Phi) is 7.32. The fourth-order valence-corrected chi connectivity index (χ4v) is 3.89. The molecule has 0 radical (unpaired) electrons. The second-order valence-corrected chi connectivity index (χ2v) is 7.42. The summed E-state index contributed by atoms with van der Waals surface area (Å²) in [6.45, 7) is 0. The van der Waals surface area contributed by atoms with Crippen LogP contribution in [0.2, 0.25) is 10.0 Å². The maximum Gasteiger partial charge on any atom is 0.244 e. The van der Waals surface area contributed by atoms with E-state index in [1.54, 1.807) is 24.3 Å². The van der Waals surface area contributed by atoms with E-state index in [0.29, 0.717) is 21.4 Å². The molecule has 0 fully saturated rings. The summed E-state index contributed by atoms with van der Waals surface area (Å²) < 4.78 is 13.4. The molecule has 138 valence electrons. The molecule has 4 nitrogen and oxygen atoms in total. The first-order valence-electron chi connectivity index (χ1n) is 7.61. The molecular formula is C18H17Cl2FN2O2S. The van der Waals surface area contributed by atoms with Crippen molar-refractivity contribution in [3.63, 3.8) is 0 Å². The Hall–Kier alpha value is -1.76. The van der Waals surface area contributed by atoms with Crippen molar-refractivity contribution in [1.82, 2.24) is 4.90 Å². The standard InChI is InChI=1S/C18H17Cl2FN2O2S/c1-23(17(18(22)25)11-3-2-4-14(21)7-11)16(24)10-26-9-12-5-6-13(19)8-15(12)20/h2-8,17H,9-10H2,1H3,(H2,22,25). The van der Waals surface area contributed by atoms with Crippen molar-refractivity contribution < 1.29 is 14.0 Å². The molecule has 0 heterocycles. The lowest BCUT2D eigenvalue weighted by atomic mass is 10.0. The summed E-state index contributed by atoms with van der Waals surface area (Å²) in [5, 5.41) is 1.07. The molecule has 2 amide bonds. The fraction of sp³-hybridized carbons (Fsp3) is 0.222. The van der Waals surface area contributed by atoms with E-state index >= 15 is 0 Å². The molecule has 0 spiro atoms. The summed E-state index contributed by atoms with van der Waals surface area (Å²) in [4.78, 5) is 25.5. The molecule has 1 atom stereocenters. The minimum absolute atomic E-state index is 0.120. The van der Waals surface area contributed by atoms with Crippen LogP contribution in [0.4, 0.5) is 4.39 Å². The van der Waals surface area contributed by atoms with Crippen LogP contribution in [0.25, 0.3) is 0 Å².